The molecule has 0 saturated carbocycles. The Morgan fingerprint density at radius 1 is 1.65 bits per heavy atom. The van der Waals surface area contributed by atoms with Crippen LogP contribution in [0.2, 0.25) is 0 Å². The molecular weight excluding hydrogens is 208 g/mol. The van der Waals surface area contributed by atoms with E-state index in [2.05, 4.69) is 43.5 Å². The molecule has 2 atom stereocenters. The largest absolute Gasteiger partial charge is 0.337 e. The van der Waals surface area contributed by atoms with Crippen LogP contribution in [-0.4, -0.2) is 4.57 Å². The van der Waals surface area contributed by atoms with Crippen molar-refractivity contribution in [1.82, 2.24) is 4.57 Å². The minimum atomic E-state index is 0.158. The van der Waals surface area contributed by atoms with Gasteiger partial charge in [-0.15, -0.1) is 6.42 Å². The summed E-state index contributed by atoms with van der Waals surface area (Å²) >= 11 is 0. The van der Waals surface area contributed by atoms with Gasteiger partial charge in [0, 0.05) is 17.9 Å². The molecule has 0 amide bonds. The van der Waals surface area contributed by atoms with Crippen LogP contribution >= 0.6 is 0 Å². The summed E-state index contributed by atoms with van der Waals surface area (Å²) in [6.45, 7) is 6.69. The van der Waals surface area contributed by atoms with Gasteiger partial charge in [-0.3, -0.25) is 0 Å². The summed E-state index contributed by atoms with van der Waals surface area (Å²) in [5, 5.41) is 0. The van der Waals surface area contributed by atoms with Gasteiger partial charge in [0.15, 0.2) is 0 Å². The number of nitrogens with zero attached hydrogens (tertiary/aromatic N) is 1. The topological polar surface area (TPSA) is 30.9 Å². The number of nitrogens with two attached hydrogens (primary N) is 1. The molecule has 1 aliphatic carbocycles. The fourth-order valence-electron chi connectivity index (χ4n) is 2.94. The first-order valence-electron chi connectivity index (χ1n) is 6.40. The van der Waals surface area contributed by atoms with E-state index in [0.29, 0.717) is 0 Å². The summed E-state index contributed by atoms with van der Waals surface area (Å²) in [5.41, 5.74) is 9.16. The quantitative estimate of drug-likeness (QED) is 0.778. The van der Waals surface area contributed by atoms with Crippen molar-refractivity contribution in [1.29, 1.82) is 0 Å². The van der Waals surface area contributed by atoms with E-state index >= 15 is 0 Å². The lowest BCUT2D eigenvalue weighted by Crippen LogP contribution is -2.31. The third kappa shape index (κ3) is 2.12. The van der Waals surface area contributed by atoms with E-state index in [9.17, 15) is 0 Å². The number of aromatic nitrogens is 1. The number of terminal acetylenes is 1. The first kappa shape index (κ1) is 12.3. The Bertz CT molecular complexity index is 448. The average Bonchev–Trinajstić information content (AvgIpc) is 2.62. The highest BCUT2D eigenvalue weighted by atomic mass is 15.0. The van der Waals surface area contributed by atoms with Crippen molar-refractivity contribution in [2.45, 2.75) is 52.1 Å². The number of rotatable bonds is 2. The van der Waals surface area contributed by atoms with Crippen molar-refractivity contribution in [2.75, 3.05) is 0 Å². The molecule has 1 aromatic rings. The normalized spacial score (nSPS) is 23.8. The van der Waals surface area contributed by atoms with E-state index in [4.69, 9.17) is 12.2 Å². The molecule has 0 bridgehead atoms. The summed E-state index contributed by atoms with van der Waals surface area (Å²) in [4.78, 5) is 0. The highest BCUT2D eigenvalue weighted by Gasteiger charge is 2.33. The lowest BCUT2D eigenvalue weighted by atomic mass is 9.74. The lowest BCUT2D eigenvalue weighted by molar-refractivity contribution is 0.273. The molecule has 0 fully saturated rings. The predicted octanol–water partition coefficient (Wildman–Crippen LogP) is 3.04. The summed E-state index contributed by atoms with van der Waals surface area (Å²) in [6, 6.07) is 2.47. The molecule has 17 heavy (non-hydrogen) atoms. The van der Waals surface area contributed by atoms with Gasteiger partial charge in [0.2, 0.25) is 0 Å². The Kier molecular flexibility index (Phi) is 3.05. The summed E-state index contributed by atoms with van der Waals surface area (Å²) < 4.78 is 2.25. The monoisotopic (exact) mass is 230 g/mol. The van der Waals surface area contributed by atoms with Crippen LogP contribution in [0.25, 0.3) is 0 Å². The minimum Gasteiger partial charge on any atom is -0.337 e. The van der Waals surface area contributed by atoms with E-state index in [-0.39, 0.29) is 17.5 Å². The molecule has 2 rings (SSSR count). The fourth-order valence-corrected chi connectivity index (χ4v) is 2.94. The minimum absolute atomic E-state index is 0.158. The molecule has 2 unspecified atom stereocenters. The van der Waals surface area contributed by atoms with Gasteiger partial charge in [-0.05, 0) is 36.3 Å². The standard InChI is InChI=1S/C15H22N2/c1-5-11(6-2)17-8-7-12-13(16)9-15(3,4)10-14(12)17/h1,7-8,11,13H,6,9-10,16H2,2-4H3. The summed E-state index contributed by atoms with van der Waals surface area (Å²) in [7, 11) is 0. The number of fused-ring (bicyclic) bond motifs is 1. The molecule has 1 aromatic heterocycles. The van der Waals surface area contributed by atoms with Gasteiger partial charge in [0.05, 0.1) is 6.04 Å². The molecule has 1 aliphatic rings. The highest BCUT2D eigenvalue weighted by Crippen LogP contribution is 2.40. The number of hydrogen-bond acceptors (Lipinski definition) is 1. The molecule has 0 saturated heterocycles. The Morgan fingerprint density at radius 3 is 2.94 bits per heavy atom. The Hall–Kier alpha value is -1.20. The van der Waals surface area contributed by atoms with Crippen LogP contribution in [0.5, 0.6) is 0 Å². The fraction of sp³-hybridized carbons (Fsp3) is 0.600. The zero-order chi connectivity index (χ0) is 12.6. The first-order chi connectivity index (χ1) is 7.98. The van der Waals surface area contributed by atoms with Gasteiger partial charge in [-0.2, -0.15) is 0 Å². The smallest absolute Gasteiger partial charge is 0.0938 e. The second-order valence-electron chi connectivity index (χ2n) is 5.87. The van der Waals surface area contributed by atoms with Crippen LogP contribution in [0.1, 0.15) is 57.0 Å². The second-order valence-corrected chi connectivity index (χ2v) is 5.87. The van der Waals surface area contributed by atoms with Crippen molar-refractivity contribution in [2.24, 2.45) is 11.1 Å². The van der Waals surface area contributed by atoms with Gasteiger partial charge in [-0.25, -0.2) is 0 Å². The van der Waals surface area contributed by atoms with Crippen molar-refractivity contribution in [3.8, 4) is 12.3 Å². The molecular formula is C15H22N2. The van der Waals surface area contributed by atoms with Crippen LogP contribution in [0, 0.1) is 17.8 Å². The molecule has 2 nitrogen and oxygen atoms in total. The molecule has 0 aliphatic heterocycles. The Labute approximate surface area is 104 Å². The Morgan fingerprint density at radius 2 is 2.35 bits per heavy atom. The maximum atomic E-state index is 6.25. The zero-order valence-electron chi connectivity index (χ0n) is 11.0. The van der Waals surface area contributed by atoms with E-state index in [1.54, 1.807) is 0 Å². The molecule has 0 radical (unpaired) electrons. The van der Waals surface area contributed by atoms with Crippen molar-refractivity contribution in [3.63, 3.8) is 0 Å². The van der Waals surface area contributed by atoms with Gasteiger partial charge in [-0.1, -0.05) is 26.7 Å². The van der Waals surface area contributed by atoms with Crippen LogP contribution in [0.3, 0.4) is 0 Å². The average molecular weight is 230 g/mol. The van der Waals surface area contributed by atoms with Gasteiger partial charge >= 0.3 is 0 Å². The first-order valence-corrected chi connectivity index (χ1v) is 6.40. The van der Waals surface area contributed by atoms with Crippen molar-refractivity contribution in [3.05, 3.63) is 23.5 Å². The van der Waals surface area contributed by atoms with E-state index < -0.39 is 0 Å². The van der Waals surface area contributed by atoms with Crippen LogP contribution in [0.4, 0.5) is 0 Å². The SMILES string of the molecule is C#CC(CC)n1ccc2c1CC(C)(C)CC2N. The van der Waals surface area contributed by atoms with Gasteiger partial charge in [0.25, 0.3) is 0 Å². The molecule has 2 N–H and O–H groups in total. The lowest BCUT2D eigenvalue weighted by Gasteiger charge is -2.35. The Balaban J connectivity index is 2.44. The van der Waals surface area contributed by atoms with E-state index in [1.165, 1.54) is 11.3 Å². The van der Waals surface area contributed by atoms with Crippen LogP contribution < -0.4 is 5.73 Å². The van der Waals surface area contributed by atoms with Gasteiger partial charge < -0.3 is 10.3 Å². The van der Waals surface area contributed by atoms with Crippen molar-refractivity contribution >= 4 is 0 Å². The third-order valence-corrected chi connectivity index (χ3v) is 3.79. The molecule has 2 heteroatoms. The van der Waals surface area contributed by atoms with Crippen LogP contribution in [-0.2, 0) is 6.42 Å². The van der Waals surface area contributed by atoms with E-state index in [0.717, 1.165) is 19.3 Å². The second kappa shape index (κ2) is 4.23. The van der Waals surface area contributed by atoms with E-state index in [1.807, 2.05) is 0 Å². The number of hydrogen-bond donors (Lipinski definition) is 1. The maximum Gasteiger partial charge on any atom is 0.0938 e. The molecule has 0 aromatic carbocycles. The molecule has 0 spiro atoms. The van der Waals surface area contributed by atoms with Crippen LogP contribution in [0.15, 0.2) is 12.3 Å². The summed E-state index contributed by atoms with van der Waals surface area (Å²) in [6.07, 6.45) is 10.8. The maximum absolute atomic E-state index is 6.25. The zero-order valence-corrected chi connectivity index (χ0v) is 11.0. The van der Waals surface area contributed by atoms with Gasteiger partial charge in [0.1, 0.15) is 0 Å². The highest BCUT2D eigenvalue weighted by molar-refractivity contribution is 5.31. The predicted molar refractivity (Wildman–Crippen MR) is 71.6 cm³/mol. The third-order valence-electron chi connectivity index (χ3n) is 3.79. The molecule has 92 valence electrons. The molecule has 1 heterocycles. The van der Waals surface area contributed by atoms with Crippen molar-refractivity contribution < 1.29 is 0 Å². The summed E-state index contributed by atoms with van der Waals surface area (Å²) in [5.74, 6) is 2.87.